The molecule has 4 aromatic rings. The fourth-order valence-corrected chi connectivity index (χ4v) is 4.36. The molecule has 0 radical (unpaired) electrons. The highest BCUT2D eigenvalue weighted by Gasteiger charge is 2.24. The molecular weight excluding hydrogens is 466 g/mol. The molecule has 0 N–H and O–H groups in total. The summed E-state index contributed by atoms with van der Waals surface area (Å²) in [6.07, 6.45) is 4.39. The van der Waals surface area contributed by atoms with Crippen LogP contribution < -0.4 is 4.90 Å². The molecule has 9 nitrogen and oxygen atoms in total. The topological polar surface area (TPSA) is 111 Å². The van der Waals surface area contributed by atoms with E-state index in [4.69, 9.17) is 9.26 Å². The van der Waals surface area contributed by atoms with E-state index in [2.05, 4.69) is 20.1 Å². The van der Waals surface area contributed by atoms with Crippen molar-refractivity contribution in [1.29, 1.82) is 0 Å². The Bertz CT molecular complexity index is 1270. The second-order valence-corrected chi connectivity index (χ2v) is 8.84. The third-order valence-corrected chi connectivity index (χ3v) is 6.19. The number of benzene rings is 1. The zero-order valence-electron chi connectivity index (χ0n) is 19.5. The lowest BCUT2D eigenvalue weighted by atomic mass is 10.1. The first-order valence-corrected chi connectivity index (χ1v) is 12.1. The Morgan fingerprint density at radius 1 is 1.09 bits per heavy atom. The molecule has 0 aliphatic rings. The zero-order valence-corrected chi connectivity index (χ0v) is 20.3. The average molecular weight is 492 g/mol. The molecule has 1 amide bonds. The summed E-state index contributed by atoms with van der Waals surface area (Å²) in [7, 11) is 0. The maximum atomic E-state index is 13.3. The van der Waals surface area contributed by atoms with Crippen LogP contribution in [-0.4, -0.2) is 45.1 Å². The van der Waals surface area contributed by atoms with E-state index in [-0.39, 0.29) is 31.0 Å². The lowest BCUT2D eigenvalue weighted by Gasteiger charge is -2.19. The number of nitrogens with zero attached hydrogens (tertiary/aromatic N) is 5. The maximum Gasteiger partial charge on any atom is 0.358 e. The lowest BCUT2D eigenvalue weighted by molar-refractivity contribution is -0.118. The van der Waals surface area contributed by atoms with E-state index in [0.717, 1.165) is 11.1 Å². The molecule has 0 unspecified atom stereocenters. The van der Waals surface area contributed by atoms with Crippen molar-refractivity contribution in [3.63, 3.8) is 0 Å². The number of pyridine rings is 1. The summed E-state index contributed by atoms with van der Waals surface area (Å²) in [4.78, 5) is 40.8. The van der Waals surface area contributed by atoms with Crippen LogP contribution in [0.15, 0.2) is 59.4 Å². The van der Waals surface area contributed by atoms with Crippen molar-refractivity contribution in [3.05, 3.63) is 76.9 Å². The number of anilines is 1. The van der Waals surface area contributed by atoms with Gasteiger partial charge in [-0.15, -0.1) is 11.3 Å². The Kier molecular flexibility index (Phi) is 7.94. The van der Waals surface area contributed by atoms with Crippen molar-refractivity contribution in [2.24, 2.45) is 0 Å². The van der Waals surface area contributed by atoms with E-state index >= 15 is 0 Å². The number of rotatable bonds is 10. The standard InChI is InChI=1S/C25H25N5O4S/c1-3-33-24(32)22-17(2)35-25(28-22)30(15-13-18-8-5-4-6-9-18)21(31)12-11-20-27-23(29-34-20)19-10-7-14-26-16-19/h4-10,14,16H,3,11-13,15H2,1-2H3. The molecule has 0 saturated heterocycles. The van der Waals surface area contributed by atoms with Crippen LogP contribution in [0, 0.1) is 6.92 Å². The molecule has 3 heterocycles. The highest BCUT2D eigenvalue weighted by Crippen LogP contribution is 2.27. The van der Waals surface area contributed by atoms with Crippen LogP contribution in [0.5, 0.6) is 0 Å². The SMILES string of the molecule is CCOC(=O)c1nc(N(CCc2ccccc2)C(=O)CCc2nc(-c3cccnc3)no2)sc1C. The number of aryl methyl sites for hydroxylation is 2. The van der Waals surface area contributed by atoms with Crippen LogP contribution in [0.2, 0.25) is 0 Å². The Hall–Kier alpha value is -3.92. The van der Waals surface area contributed by atoms with Gasteiger partial charge in [0.05, 0.1) is 6.61 Å². The van der Waals surface area contributed by atoms with Gasteiger partial charge in [0.1, 0.15) is 0 Å². The molecule has 10 heteroatoms. The number of hydrogen-bond acceptors (Lipinski definition) is 9. The van der Waals surface area contributed by atoms with Crippen molar-refractivity contribution >= 4 is 28.3 Å². The molecule has 4 rings (SSSR count). The fourth-order valence-electron chi connectivity index (χ4n) is 3.42. The van der Waals surface area contributed by atoms with Gasteiger partial charge in [-0.05, 0) is 38.0 Å². The van der Waals surface area contributed by atoms with E-state index < -0.39 is 5.97 Å². The minimum absolute atomic E-state index is 0.147. The number of aromatic nitrogens is 4. The van der Waals surface area contributed by atoms with Crippen molar-refractivity contribution in [2.45, 2.75) is 33.1 Å². The molecule has 0 aliphatic carbocycles. The summed E-state index contributed by atoms with van der Waals surface area (Å²) in [5, 5.41) is 4.45. The number of thiazole rings is 1. The molecule has 0 aliphatic heterocycles. The van der Waals surface area contributed by atoms with Gasteiger partial charge in [-0.1, -0.05) is 35.5 Å². The molecule has 0 fully saturated rings. The number of amides is 1. The Morgan fingerprint density at radius 3 is 2.66 bits per heavy atom. The minimum atomic E-state index is -0.489. The van der Waals surface area contributed by atoms with Crippen molar-refractivity contribution in [1.82, 2.24) is 20.1 Å². The van der Waals surface area contributed by atoms with Gasteiger partial charge in [0.25, 0.3) is 0 Å². The summed E-state index contributed by atoms with van der Waals surface area (Å²) >= 11 is 1.30. The normalized spacial score (nSPS) is 10.8. The fraction of sp³-hybridized carbons (Fsp3) is 0.280. The van der Waals surface area contributed by atoms with Gasteiger partial charge < -0.3 is 9.26 Å². The number of hydrogen-bond donors (Lipinski definition) is 0. The monoisotopic (exact) mass is 491 g/mol. The Labute approximate surface area is 206 Å². The predicted octanol–water partition coefficient (Wildman–Crippen LogP) is 4.28. The average Bonchev–Trinajstić information content (AvgIpc) is 3.51. The first kappa shape index (κ1) is 24.2. The Balaban J connectivity index is 1.49. The zero-order chi connectivity index (χ0) is 24.6. The van der Waals surface area contributed by atoms with E-state index in [1.807, 2.05) is 36.4 Å². The smallest absolute Gasteiger partial charge is 0.358 e. The molecule has 0 bridgehead atoms. The quantitative estimate of drug-likeness (QED) is 0.302. The number of esters is 1. The second-order valence-electron chi connectivity index (χ2n) is 7.66. The van der Waals surface area contributed by atoms with Gasteiger partial charge in [0.15, 0.2) is 10.8 Å². The summed E-state index contributed by atoms with van der Waals surface area (Å²) in [6, 6.07) is 13.5. The van der Waals surface area contributed by atoms with Gasteiger partial charge >= 0.3 is 5.97 Å². The van der Waals surface area contributed by atoms with E-state index in [1.165, 1.54) is 11.3 Å². The van der Waals surface area contributed by atoms with E-state index in [9.17, 15) is 9.59 Å². The Morgan fingerprint density at radius 2 is 1.91 bits per heavy atom. The number of carbonyl (C=O) groups excluding carboxylic acids is 2. The molecule has 35 heavy (non-hydrogen) atoms. The van der Waals surface area contributed by atoms with E-state index in [0.29, 0.717) is 34.7 Å². The summed E-state index contributed by atoms with van der Waals surface area (Å²) in [5.74, 6) is 0.154. The molecule has 0 saturated carbocycles. The lowest BCUT2D eigenvalue weighted by Crippen LogP contribution is -2.33. The summed E-state index contributed by atoms with van der Waals surface area (Å²) in [6.45, 7) is 4.22. The van der Waals surface area contributed by atoms with Crippen LogP contribution in [0.25, 0.3) is 11.4 Å². The number of ether oxygens (including phenoxy) is 1. The van der Waals surface area contributed by atoms with E-state index in [1.54, 1.807) is 37.2 Å². The highest BCUT2D eigenvalue weighted by molar-refractivity contribution is 7.16. The summed E-state index contributed by atoms with van der Waals surface area (Å²) in [5.41, 5.74) is 2.08. The molecular formula is C25H25N5O4S. The van der Waals surface area contributed by atoms with Crippen molar-refractivity contribution < 1.29 is 18.8 Å². The van der Waals surface area contributed by atoms with Gasteiger partial charge in [-0.25, -0.2) is 9.78 Å². The third-order valence-electron chi connectivity index (χ3n) is 5.19. The van der Waals surface area contributed by atoms with Gasteiger partial charge in [-0.2, -0.15) is 4.98 Å². The van der Waals surface area contributed by atoms with Crippen molar-refractivity contribution in [2.75, 3.05) is 18.1 Å². The summed E-state index contributed by atoms with van der Waals surface area (Å²) < 4.78 is 10.4. The van der Waals surface area contributed by atoms with Crippen LogP contribution in [0.3, 0.4) is 0 Å². The maximum absolute atomic E-state index is 13.3. The first-order chi connectivity index (χ1) is 17.0. The molecule has 0 atom stereocenters. The van der Waals surface area contributed by atoms with Gasteiger partial charge in [-0.3, -0.25) is 14.7 Å². The van der Waals surface area contributed by atoms with Crippen LogP contribution in [0.1, 0.15) is 40.2 Å². The highest BCUT2D eigenvalue weighted by atomic mass is 32.1. The first-order valence-electron chi connectivity index (χ1n) is 11.3. The van der Waals surface area contributed by atoms with Crippen LogP contribution in [0.4, 0.5) is 5.13 Å². The van der Waals surface area contributed by atoms with Crippen LogP contribution in [-0.2, 0) is 22.4 Å². The van der Waals surface area contributed by atoms with Crippen LogP contribution >= 0.6 is 11.3 Å². The molecule has 0 spiro atoms. The third kappa shape index (κ3) is 6.15. The van der Waals surface area contributed by atoms with Gasteiger partial charge in [0, 0.05) is 42.2 Å². The molecule has 180 valence electrons. The van der Waals surface area contributed by atoms with Crippen molar-refractivity contribution in [3.8, 4) is 11.4 Å². The second kappa shape index (κ2) is 11.5. The molecule has 1 aromatic carbocycles. The minimum Gasteiger partial charge on any atom is -0.461 e. The number of carbonyl (C=O) groups is 2. The molecule has 3 aromatic heterocycles. The largest absolute Gasteiger partial charge is 0.461 e. The van der Waals surface area contributed by atoms with Gasteiger partial charge in [0.2, 0.25) is 17.6 Å². The predicted molar refractivity (Wildman–Crippen MR) is 131 cm³/mol.